The van der Waals surface area contributed by atoms with Crippen LogP contribution >= 0.6 is 0 Å². The zero-order valence-electron chi connectivity index (χ0n) is 11.0. The largest absolute Gasteiger partial charge is 0.481 e. The molecule has 0 aromatic rings. The number of aliphatic carboxylic acids is 1. The molecule has 0 aliphatic carbocycles. The van der Waals surface area contributed by atoms with E-state index in [-0.39, 0.29) is 18.4 Å². The van der Waals surface area contributed by atoms with E-state index in [4.69, 9.17) is 9.84 Å². The van der Waals surface area contributed by atoms with Crippen LogP contribution in [0.25, 0.3) is 0 Å². The molecule has 0 spiro atoms. The normalized spacial score (nSPS) is 18.3. The van der Waals surface area contributed by atoms with Crippen LogP contribution in [0.3, 0.4) is 0 Å². The molecule has 1 aliphatic rings. The average molecular weight is 257 g/mol. The van der Waals surface area contributed by atoms with Crippen molar-refractivity contribution in [1.29, 1.82) is 0 Å². The van der Waals surface area contributed by atoms with Gasteiger partial charge in [-0.05, 0) is 38.5 Å². The molecule has 1 aliphatic heterocycles. The quantitative estimate of drug-likeness (QED) is 0.725. The topological polar surface area (TPSA) is 75.6 Å². The maximum Gasteiger partial charge on any atom is 0.303 e. The highest BCUT2D eigenvalue weighted by Crippen LogP contribution is 2.19. The minimum atomic E-state index is -0.821. The highest BCUT2D eigenvalue weighted by Gasteiger charge is 2.16. The van der Waals surface area contributed by atoms with Crippen LogP contribution in [-0.2, 0) is 14.3 Å². The molecule has 1 rings (SSSR count). The molecule has 5 heteroatoms. The first kappa shape index (κ1) is 15.0. The van der Waals surface area contributed by atoms with Crippen molar-refractivity contribution in [2.45, 2.75) is 51.5 Å². The average Bonchev–Trinajstić information content (AvgIpc) is 2.35. The maximum absolute atomic E-state index is 11.7. The summed E-state index contributed by atoms with van der Waals surface area (Å²) < 4.78 is 5.27. The monoisotopic (exact) mass is 257 g/mol. The molecule has 5 nitrogen and oxygen atoms in total. The Balaban J connectivity index is 2.10. The Morgan fingerprint density at radius 2 is 2.00 bits per heavy atom. The molecule has 0 aromatic heterocycles. The van der Waals surface area contributed by atoms with Crippen molar-refractivity contribution < 1.29 is 19.4 Å². The van der Waals surface area contributed by atoms with Crippen molar-refractivity contribution in [2.75, 3.05) is 13.2 Å². The standard InChI is InChI=1S/C13H23NO4/c1-10(2-5-13(16)17)14-12(15)4-3-11-6-8-18-9-7-11/h10-11H,2-9H2,1H3,(H,14,15)(H,16,17). The minimum Gasteiger partial charge on any atom is -0.481 e. The van der Waals surface area contributed by atoms with Crippen LogP contribution in [0.5, 0.6) is 0 Å². The van der Waals surface area contributed by atoms with E-state index in [1.165, 1.54) is 0 Å². The molecule has 18 heavy (non-hydrogen) atoms. The summed E-state index contributed by atoms with van der Waals surface area (Å²) in [4.78, 5) is 22.0. The molecule has 1 heterocycles. The van der Waals surface area contributed by atoms with Crippen LogP contribution < -0.4 is 5.32 Å². The molecule has 0 saturated carbocycles. The maximum atomic E-state index is 11.7. The van der Waals surface area contributed by atoms with Crippen molar-refractivity contribution in [3.05, 3.63) is 0 Å². The van der Waals surface area contributed by atoms with E-state index in [1.807, 2.05) is 6.92 Å². The molecule has 1 saturated heterocycles. The van der Waals surface area contributed by atoms with E-state index < -0.39 is 5.97 Å². The third-order valence-corrected chi connectivity index (χ3v) is 3.32. The summed E-state index contributed by atoms with van der Waals surface area (Å²) in [6.45, 7) is 3.46. The second-order valence-electron chi connectivity index (χ2n) is 5.00. The van der Waals surface area contributed by atoms with Gasteiger partial charge in [-0.1, -0.05) is 0 Å². The van der Waals surface area contributed by atoms with Gasteiger partial charge in [0.05, 0.1) is 0 Å². The smallest absolute Gasteiger partial charge is 0.303 e. The molecule has 1 fully saturated rings. The molecule has 1 amide bonds. The van der Waals surface area contributed by atoms with Crippen LogP contribution in [0.15, 0.2) is 0 Å². The molecule has 1 atom stereocenters. The predicted octanol–water partition coefficient (Wildman–Crippen LogP) is 1.56. The predicted molar refractivity (Wildman–Crippen MR) is 67.3 cm³/mol. The Kier molecular flexibility index (Phi) is 6.72. The lowest BCUT2D eigenvalue weighted by Crippen LogP contribution is -2.33. The summed E-state index contributed by atoms with van der Waals surface area (Å²) in [6, 6.07) is -0.0664. The molecular formula is C13H23NO4. The van der Waals surface area contributed by atoms with E-state index in [0.29, 0.717) is 18.8 Å². The molecular weight excluding hydrogens is 234 g/mol. The van der Waals surface area contributed by atoms with Gasteiger partial charge in [-0.15, -0.1) is 0 Å². The summed E-state index contributed by atoms with van der Waals surface area (Å²) in [6.07, 6.45) is 4.10. The van der Waals surface area contributed by atoms with E-state index in [9.17, 15) is 9.59 Å². The molecule has 1 unspecified atom stereocenters. The van der Waals surface area contributed by atoms with Crippen molar-refractivity contribution in [3.63, 3.8) is 0 Å². The number of nitrogens with one attached hydrogen (secondary N) is 1. The summed E-state index contributed by atoms with van der Waals surface area (Å²) >= 11 is 0. The van der Waals surface area contributed by atoms with E-state index in [2.05, 4.69) is 5.32 Å². The highest BCUT2D eigenvalue weighted by atomic mass is 16.5. The number of carbonyl (C=O) groups is 2. The van der Waals surface area contributed by atoms with Crippen molar-refractivity contribution in [1.82, 2.24) is 5.32 Å². The third kappa shape index (κ3) is 6.59. The number of carbonyl (C=O) groups excluding carboxylic acids is 1. The Morgan fingerprint density at radius 1 is 1.33 bits per heavy atom. The van der Waals surface area contributed by atoms with E-state index >= 15 is 0 Å². The molecule has 0 radical (unpaired) electrons. The van der Waals surface area contributed by atoms with Gasteiger partial charge in [0.15, 0.2) is 0 Å². The SMILES string of the molecule is CC(CCC(=O)O)NC(=O)CCC1CCOCC1. The van der Waals surface area contributed by atoms with Crippen LogP contribution in [0, 0.1) is 5.92 Å². The number of hydrogen-bond acceptors (Lipinski definition) is 3. The molecule has 104 valence electrons. The van der Waals surface area contributed by atoms with Gasteiger partial charge in [0.25, 0.3) is 0 Å². The van der Waals surface area contributed by atoms with E-state index in [0.717, 1.165) is 32.5 Å². The lowest BCUT2D eigenvalue weighted by Gasteiger charge is -2.22. The van der Waals surface area contributed by atoms with E-state index in [1.54, 1.807) is 0 Å². The Morgan fingerprint density at radius 3 is 2.61 bits per heavy atom. The second-order valence-corrected chi connectivity index (χ2v) is 5.00. The van der Waals surface area contributed by atoms with Crippen LogP contribution in [0.1, 0.15) is 45.4 Å². The lowest BCUT2D eigenvalue weighted by atomic mass is 9.95. The number of carboxylic acid groups (broad SMARTS) is 1. The first-order chi connectivity index (χ1) is 8.58. The first-order valence-electron chi connectivity index (χ1n) is 6.67. The van der Waals surface area contributed by atoms with Gasteiger partial charge in [0.2, 0.25) is 5.91 Å². The summed E-state index contributed by atoms with van der Waals surface area (Å²) in [5.74, 6) is -0.198. The van der Waals surface area contributed by atoms with Crippen molar-refractivity contribution in [3.8, 4) is 0 Å². The van der Waals surface area contributed by atoms with Gasteiger partial charge in [0.1, 0.15) is 0 Å². The zero-order valence-corrected chi connectivity index (χ0v) is 11.0. The molecule has 0 bridgehead atoms. The van der Waals surface area contributed by atoms with Gasteiger partial charge in [-0.25, -0.2) is 0 Å². The first-order valence-corrected chi connectivity index (χ1v) is 6.67. The third-order valence-electron chi connectivity index (χ3n) is 3.32. The number of ether oxygens (including phenoxy) is 1. The molecule has 0 aromatic carbocycles. The summed E-state index contributed by atoms with van der Waals surface area (Å²) in [5.41, 5.74) is 0. The van der Waals surface area contributed by atoms with Crippen LogP contribution in [0.2, 0.25) is 0 Å². The fourth-order valence-electron chi connectivity index (χ4n) is 2.13. The fraction of sp³-hybridized carbons (Fsp3) is 0.846. The van der Waals surface area contributed by atoms with Crippen molar-refractivity contribution >= 4 is 11.9 Å². The van der Waals surface area contributed by atoms with Gasteiger partial charge in [-0.3, -0.25) is 9.59 Å². The Labute approximate surface area is 108 Å². The summed E-state index contributed by atoms with van der Waals surface area (Å²) in [7, 11) is 0. The van der Waals surface area contributed by atoms with Gasteiger partial charge in [-0.2, -0.15) is 0 Å². The Bertz CT molecular complexity index is 274. The number of carboxylic acids is 1. The Hall–Kier alpha value is -1.10. The van der Waals surface area contributed by atoms with Crippen LogP contribution in [-0.4, -0.2) is 36.2 Å². The van der Waals surface area contributed by atoms with Crippen molar-refractivity contribution in [2.24, 2.45) is 5.92 Å². The highest BCUT2D eigenvalue weighted by molar-refractivity contribution is 5.76. The molecule has 2 N–H and O–H groups in total. The number of hydrogen-bond donors (Lipinski definition) is 2. The minimum absolute atomic E-state index is 0.0272. The zero-order chi connectivity index (χ0) is 13.4. The number of amides is 1. The van der Waals surface area contributed by atoms with Gasteiger partial charge >= 0.3 is 5.97 Å². The summed E-state index contributed by atoms with van der Waals surface area (Å²) in [5, 5.41) is 11.4. The second kappa shape index (κ2) is 8.08. The number of rotatable bonds is 7. The van der Waals surface area contributed by atoms with Gasteiger partial charge in [0, 0.05) is 32.1 Å². The lowest BCUT2D eigenvalue weighted by molar-refractivity contribution is -0.137. The van der Waals surface area contributed by atoms with Gasteiger partial charge < -0.3 is 15.2 Å². The fourth-order valence-corrected chi connectivity index (χ4v) is 2.13. The van der Waals surface area contributed by atoms with Crippen LogP contribution in [0.4, 0.5) is 0 Å².